The van der Waals surface area contributed by atoms with E-state index in [9.17, 15) is 27.6 Å². The third kappa shape index (κ3) is 4.00. The molecule has 12 heteroatoms. The van der Waals surface area contributed by atoms with Gasteiger partial charge in [0.2, 0.25) is 11.7 Å². The molecule has 2 rings (SSSR count). The third-order valence-electron chi connectivity index (χ3n) is 3.77. The molecular weight excluding hydrogens is 357 g/mol. The molecule has 0 aliphatic carbocycles. The highest BCUT2D eigenvalue weighted by Gasteiger charge is 2.37. The summed E-state index contributed by atoms with van der Waals surface area (Å²) in [5, 5.41) is 5.64. The molecule has 26 heavy (non-hydrogen) atoms. The Kier molecular flexibility index (Phi) is 5.33. The Hall–Kier alpha value is -2.92. The smallest absolute Gasteiger partial charge is 0.353 e. The van der Waals surface area contributed by atoms with E-state index in [4.69, 9.17) is 0 Å². The van der Waals surface area contributed by atoms with Crippen LogP contribution in [-0.4, -0.2) is 36.4 Å². The van der Waals surface area contributed by atoms with Crippen LogP contribution in [0.2, 0.25) is 0 Å². The lowest BCUT2D eigenvalue weighted by molar-refractivity contribution is -0.147. The van der Waals surface area contributed by atoms with E-state index in [-0.39, 0.29) is 25.2 Å². The molecule has 1 N–H and O–H groups in total. The van der Waals surface area contributed by atoms with Gasteiger partial charge in [-0.05, 0) is 13.8 Å². The molecule has 0 radical (unpaired) electrons. The van der Waals surface area contributed by atoms with Gasteiger partial charge in [0, 0.05) is 24.8 Å². The van der Waals surface area contributed by atoms with E-state index in [1.807, 2.05) is 0 Å². The second kappa shape index (κ2) is 7.14. The van der Waals surface area contributed by atoms with Gasteiger partial charge in [-0.2, -0.15) is 13.2 Å². The first-order valence-corrected chi connectivity index (χ1v) is 7.52. The largest absolute Gasteiger partial charge is 0.451 e. The zero-order valence-electron chi connectivity index (χ0n) is 14.3. The van der Waals surface area contributed by atoms with E-state index in [0.717, 1.165) is 11.6 Å². The fourth-order valence-electron chi connectivity index (χ4n) is 2.18. The Balaban J connectivity index is 1.99. The second-order valence-corrected chi connectivity index (χ2v) is 5.62. The summed E-state index contributed by atoms with van der Waals surface area (Å²) >= 11 is 0. The van der Waals surface area contributed by atoms with Gasteiger partial charge < -0.3 is 5.32 Å². The van der Waals surface area contributed by atoms with Crippen LogP contribution in [0.3, 0.4) is 0 Å². The van der Waals surface area contributed by atoms with Crippen LogP contribution in [-0.2, 0) is 31.1 Å². The summed E-state index contributed by atoms with van der Waals surface area (Å²) in [6, 6.07) is 0. The zero-order chi connectivity index (χ0) is 19.6. The number of carbonyl (C=O) groups excluding carboxylic acids is 1. The number of carbonyl (C=O) groups is 1. The molecule has 0 bridgehead atoms. The number of halogens is 3. The predicted molar refractivity (Wildman–Crippen MR) is 83.5 cm³/mol. The van der Waals surface area contributed by atoms with Crippen LogP contribution in [0.5, 0.6) is 0 Å². The molecule has 0 aliphatic heterocycles. The minimum Gasteiger partial charge on any atom is -0.353 e. The summed E-state index contributed by atoms with van der Waals surface area (Å²) in [7, 11) is 0.965. The van der Waals surface area contributed by atoms with Crippen LogP contribution in [0.1, 0.15) is 17.1 Å². The Morgan fingerprint density at radius 3 is 2.50 bits per heavy atom. The maximum Gasteiger partial charge on any atom is 0.451 e. The van der Waals surface area contributed by atoms with Gasteiger partial charge in [0.1, 0.15) is 6.54 Å². The molecule has 9 nitrogen and oxygen atoms in total. The summed E-state index contributed by atoms with van der Waals surface area (Å²) in [6.45, 7) is 2.60. The normalized spacial score (nSPS) is 11.6. The average Bonchev–Trinajstić information content (AvgIpc) is 2.84. The van der Waals surface area contributed by atoms with Crippen molar-refractivity contribution >= 4 is 5.91 Å². The standard InChI is InChI=1S/C14H17F3N6O3/c1-8-9(2)19-7-22(11(8)25)6-10(24)18-4-5-23-13(26)21(3)12(20-23)14(15,16)17/h7H,4-6H2,1-3H3,(H,18,24). The number of aromatic nitrogens is 5. The van der Waals surface area contributed by atoms with E-state index in [0.29, 0.717) is 20.5 Å². The summed E-state index contributed by atoms with van der Waals surface area (Å²) in [5.74, 6) is -1.86. The van der Waals surface area contributed by atoms with Crippen molar-refractivity contribution in [3.63, 3.8) is 0 Å². The van der Waals surface area contributed by atoms with Gasteiger partial charge >= 0.3 is 11.9 Å². The molecular formula is C14H17F3N6O3. The zero-order valence-corrected chi connectivity index (χ0v) is 14.3. The molecule has 2 aromatic heterocycles. The number of amides is 1. The van der Waals surface area contributed by atoms with Crippen LogP contribution in [0.15, 0.2) is 15.9 Å². The lowest BCUT2D eigenvalue weighted by Gasteiger charge is -2.08. The van der Waals surface area contributed by atoms with Crippen molar-refractivity contribution in [2.45, 2.75) is 33.1 Å². The number of alkyl halides is 3. The maximum atomic E-state index is 12.7. The van der Waals surface area contributed by atoms with E-state index in [1.54, 1.807) is 13.8 Å². The average molecular weight is 374 g/mol. The second-order valence-electron chi connectivity index (χ2n) is 5.62. The summed E-state index contributed by atoms with van der Waals surface area (Å²) in [4.78, 5) is 39.6. The number of rotatable bonds is 5. The molecule has 0 unspecified atom stereocenters. The quantitative estimate of drug-likeness (QED) is 0.766. The van der Waals surface area contributed by atoms with E-state index >= 15 is 0 Å². The topological polar surface area (TPSA) is 104 Å². The molecule has 0 atom stereocenters. The summed E-state index contributed by atoms with van der Waals surface area (Å²) in [6.07, 6.45) is -3.51. The first-order chi connectivity index (χ1) is 12.0. The number of aryl methyl sites for hydroxylation is 1. The Labute approximate surface area is 145 Å². The third-order valence-corrected chi connectivity index (χ3v) is 3.77. The summed E-state index contributed by atoms with van der Waals surface area (Å²) < 4.78 is 40.2. The lowest BCUT2D eigenvalue weighted by atomic mass is 10.3. The fraction of sp³-hybridized carbons (Fsp3) is 0.500. The maximum absolute atomic E-state index is 12.7. The predicted octanol–water partition coefficient (Wildman–Crippen LogP) is -0.409. The van der Waals surface area contributed by atoms with Crippen molar-refractivity contribution < 1.29 is 18.0 Å². The van der Waals surface area contributed by atoms with E-state index in [2.05, 4.69) is 15.4 Å². The van der Waals surface area contributed by atoms with E-state index in [1.165, 1.54) is 6.33 Å². The first-order valence-electron chi connectivity index (χ1n) is 7.52. The van der Waals surface area contributed by atoms with Crippen molar-refractivity contribution in [3.05, 3.63) is 44.2 Å². The van der Waals surface area contributed by atoms with Crippen molar-refractivity contribution in [3.8, 4) is 0 Å². The van der Waals surface area contributed by atoms with Gasteiger partial charge in [0.15, 0.2) is 0 Å². The summed E-state index contributed by atoms with van der Waals surface area (Å²) in [5.41, 5.74) is -0.328. The van der Waals surface area contributed by atoms with Gasteiger partial charge in [0.25, 0.3) is 5.56 Å². The van der Waals surface area contributed by atoms with Crippen molar-refractivity contribution in [2.24, 2.45) is 7.05 Å². The van der Waals surface area contributed by atoms with Gasteiger partial charge in [-0.15, -0.1) is 5.10 Å². The molecule has 0 saturated heterocycles. The van der Waals surface area contributed by atoms with Crippen molar-refractivity contribution in [1.29, 1.82) is 0 Å². The highest BCUT2D eigenvalue weighted by molar-refractivity contribution is 5.75. The van der Waals surface area contributed by atoms with Crippen LogP contribution in [0, 0.1) is 13.8 Å². The van der Waals surface area contributed by atoms with Gasteiger partial charge in [-0.3, -0.25) is 18.7 Å². The Bertz CT molecular complexity index is 941. The van der Waals surface area contributed by atoms with Crippen LogP contribution >= 0.6 is 0 Å². The van der Waals surface area contributed by atoms with Crippen LogP contribution in [0.25, 0.3) is 0 Å². The molecule has 0 aromatic carbocycles. The van der Waals surface area contributed by atoms with Crippen molar-refractivity contribution in [1.82, 2.24) is 29.2 Å². The molecule has 2 heterocycles. The first kappa shape index (κ1) is 19.4. The molecule has 1 amide bonds. The molecule has 0 saturated carbocycles. The molecule has 2 aromatic rings. The van der Waals surface area contributed by atoms with Gasteiger partial charge in [-0.25, -0.2) is 14.5 Å². The minimum atomic E-state index is -4.75. The Morgan fingerprint density at radius 1 is 1.27 bits per heavy atom. The number of nitrogens with one attached hydrogen (secondary N) is 1. The lowest BCUT2D eigenvalue weighted by Crippen LogP contribution is -2.36. The number of hydrogen-bond donors (Lipinski definition) is 1. The number of nitrogens with zero attached hydrogens (tertiary/aromatic N) is 5. The minimum absolute atomic E-state index is 0.125. The molecule has 0 aliphatic rings. The highest BCUT2D eigenvalue weighted by atomic mass is 19.4. The SMILES string of the molecule is Cc1ncn(CC(=O)NCCn2nc(C(F)(F)F)n(C)c2=O)c(=O)c1C. The Morgan fingerprint density at radius 2 is 1.92 bits per heavy atom. The van der Waals surface area contributed by atoms with Crippen molar-refractivity contribution in [2.75, 3.05) is 6.54 Å². The molecule has 142 valence electrons. The fourth-order valence-corrected chi connectivity index (χ4v) is 2.18. The van der Waals surface area contributed by atoms with Crippen LogP contribution in [0.4, 0.5) is 13.2 Å². The van der Waals surface area contributed by atoms with Gasteiger partial charge in [0.05, 0.1) is 12.9 Å². The number of hydrogen-bond acceptors (Lipinski definition) is 5. The monoisotopic (exact) mass is 374 g/mol. The molecule has 0 spiro atoms. The van der Waals surface area contributed by atoms with E-state index < -0.39 is 23.6 Å². The molecule has 0 fully saturated rings. The highest BCUT2D eigenvalue weighted by Crippen LogP contribution is 2.25. The van der Waals surface area contributed by atoms with Crippen LogP contribution < -0.4 is 16.6 Å². The van der Waals surface area contributed by atoms with Gasteiger partial charge in [-0.1, -0.05) is 0 Å².